The summed E-state index contributed by atoms with van der Waals surface area (Å²) in [4.78, 5) is 24.2. The number of rotatable bonds is 4. The van der Waals surface area contributed by atoms with Gasteiger partial charge in [-0.3, -0.25) is 4.79 Å². The first kappa shape index (κ1) is 15.4. The average molecular weight is 314 g/mol. The van der Waals surface area contributed by atoms with Gasteiger partial charge in [0.1, 0.15) is 19.3 Å². The van der Waals surface area contributed by atoms with Gasteiger partial charge in [-0.1, -0.05) is 11.6 Å². The molecule has 1 aliphatic heterocycles. The summed E-state index contributed by atoms with van der Waals surface area (Å²) in [5.74, 6) is -0.374. The second kappa shape index (κ2) is 6.22. The van der Waals surface area contributed by atoms with E-state index in [0.29, 0.717) is 35.3 Å². The molecule has 6 nitrogen and oxygen atoms in total. The molecule has 1 atom stereocenters. The summed E-state index contributed by atoms with van der Waals surface area (Å²) in [6, 6.07) is 2.44. The number of hydrogen-bond donors (Lipinski definition) is 1. The average Bonchev–Trinajstić information content (AvgIpc) is 2.45. The number of aliphatic carboxylic acids is 1. The van der Waals surface area contributed by atoms with E-state index in [1.54, 1.807) is 12.1 Å². The SMILES string of the molecule is C[C@@H](C(=O)O)N(C)C(=O)Cc1cc(Cl)c2c(c1)OCCO2. The van der Waals surface area contributed by atoms with Crippen LogP contribution in [0.1, 0.15) is 12.5 Å². The molecular formula is C14H16ClNO5. The Kier molecular flexibility index (Phi) is 4.57. The first-order chi connectivity index (χ1) is 9.90. The number of carbonyl (C=O) groups is 2. The lowest BCUT2D eigenvalue weighted by Gasteiger charge is -2.23. The summed E-state index contributed by atoms with van der Waals surface area (Å²) in [7, 11) is 1.46. The van der Waals surface area contributed by atoms with Crippen molar-refractivity contribution in [1.29, 1.82) is 0 Å². The molecule has 0 unspecified atom stereocenters. The second-order valence-corrected chi connectivity index (χ2v) is 5.20. The third-order valence-electron chi connectivity index (χ3n) is 3.34. The number of carbonyl (C=O) groups excluding carboxylic acids is 1. The number of ether oxygens (including phenoxy) is 2. The van der Waals surface area contributed by atoms with E-state index in [4.69, 9.17) is 26.2 Å². The van der Waals surface area contributed by atoms with E-state index in [0.717, 1.165) is 0 Å². The van der Waals surface area contributed by atoms with E-state index in [-0.39, 0.29) is 12.3 Å². The quantitative estimate of drug-likeness (QED) is 0.913. The minimum Gasteiger partial charge on any atom is -0.486 e. The maximum atomic E-state index is 12.1. The summed E-state index contributed by atoms with van der Waals surface area (Å²) in [6.07, 6.45) is 0.0461. The fourth-order valence-electron chi connectivity index (χ4n) is 1.95. The molecule has 7 heteroatoms. The Morgan fingerprint density at radius 1 is 1.38 bits per heavy atom. The number of fused-ring (bicyclic) bond motifs is 1. The fourth-order valence-corrected chi connectivity index (χ4v) is 2.24. The van der Waals surface area contributed by atoms with Crippen molar-refractivity contribution in [1.82, 2.24) is 4.90 Å². The molecule has 2 rings (SSSR count). The number of likely N-dealkylation sites (N-methyl/N-ethyl adjacent to an activating group) is 1. The minimum atomic E-state index is -1.05. The lowest BCUT2D eigenvalue weighted by atomic mass is 10.1. The highest BCUT2D eigenvalue weighted by molar-refractivity contribution is 6.32. The van der Waals surface area contributed by atoms with E-state index in [9.17, 15) is 9.59 Å². The van der Waals surface area contributed by atoms with Crippen LogP contribution in [0.2, 0.25) is 5.02 Å². The maximum absolute atomic E-state index is 12.1. The molecule has 0 spiro atoms. The zero-order chi connectivity index (χ0) is 15.6. The van der Waals surface area contributed by atoms with Gasteiger partial charge in [0.05, 0.1) is 11.4 Å². The van der Waals surface area contributed by atoms with Gasteiger partial charge in [0, 0.05) is 7.05 Å². The van der Waals surface area contributed by atoms with Crippen LogP contribution in [-0.4, -0.2) is 48.2 Å². The van der Waals surface area contributed by atoms with Crippen molar-refractivity contribution in [2.75, 3.05) is 20.3 Å². The van der Waals surface area contributed by atoms with Gasteiger partial charge in [-0.25, -0.2) is 4.79 Å². The van der Waals surface area contributed by atoms with E-state index in [1.807, 2.05) is 0 Å². The van der Waals surface area contributed by atoms with Crippen LogP contribution in [0.5, 0.6) is 11.5 Å². The number of halogens is 1. The van der Waals surface area contributed by atoms with Crippen molar-refractivity contribution in [3.8, 4) is 11.5 Å². The molecule has 1 amide bonds. The zero-order valence-corrected chi connectivity index (χ0v) is 12.5. The van der Waals surface area contributed by atoms with Gasteiger partial charge in [0.2, 0.25) is 5.91 Å². The number of carboxylic acids is 1. The summed E-state index contributed by atoms with van der Waals surface area (Å²) >= 11 is 6.10. The molecule has 0 saturated carbocycles. The van der Waals surface area contributed by atoms with Crippen LogP contribution >= 0.6 is 11.6 Å². The monoisotopic (exact) mass is 313 g/mol. The van der Waals surface area contributed by atoms with Crippen LogP contribution in [0.25, 0.3) is 0 Å². The molecule has 21 heavy (non-hydrogen) atoms. The Hall–Kier alpha value is -1.95. The number of hydrogen-bond acceptors (Lipinski definition) is 4. The van der Waals surface area contributed by atoms with Crippen molar-refractivity contribution in [2.24, 2.45) is 0 Å². The van der Waals surface area contributed by atoms with Crippen molar-refractivity contribution >= 4 is 23.5 Å². The van der Waals surface area contributed by atoms with E-state index in [2.05, 4.69) is 0 Å². The summed E-state index contributed by atoms with van der Waals surface area (Å²) in [5, 5.41) is 9.30. The smallest absolute Gasteiger partial charge is 0.326 e. The number of amides is 1. The second-order valence-electron chi connectivity index (χ2n) is 4.80. The van der Waals surface area contributed by atoms with E-state index >= 15 is 0 Å². The molecule has 0 fully saturated rings. The molecular weight excluding hydrogens is 298 g/mol. The highest BCUT2D eigenvalue weighted by atomic mass is 35.5. The molecule has 0 radical (unpaired) electrons. The number of nitrogens with zero attached hydrogens (tertiary/aromatic N) is 1. The standard InChI is InChI=1S/C14H16ClNO5/c1-8(14(18)19)16(2)12(17)7-9-5-10(15)13-11(6-9)20-3-4-21-13/h5-6,8H,3-4,7H2,1-2H3,(H,18,19)/t8-/m0/s1. The van der Waals surface area contributed by atoms with Crippen LogP contribution in [-0.2, 0) is 16.0 Å². The van der Waals surface area contributed by atoms with E-state index < -0.39 is 12.0 Å². The fraction of sp³-hybridized carbons (Fsp3) is 0.429. The third kappa shape index (κ3) is 3.39. The van der Waals surface area contributed by atoms with Crippen LogP contribution in [0, 0.1) is 0 Å². The predicted molar refractivity (Wildman–Crippen MR) is 76.0 cm³/mol. The molecule has 0 aromatic heterocycles. The molecule has 114 valence electrons. The normalized spacial score (nSPS) is 14.4. The van der Waals surface area contributed by atoms with Gasteiger partial charge in [-0.05, 0) is 24.6 Å². The summed E-state index contributed by atoms with van der Waals surface area (Å²) in [5.41, 5.74) is 0.652. The first-order valence-corrected chi connectivity index (χ1v) is 6.84. The lowest BCUT2D eigenvalue weighted by Crippen LogP contribution is -2.41. The van der Waals surface area contributed by atoms with Gasteiger partial charge in [0.15, 0.2) is 11.5 Å². The van der Waals surface area contributed by atoms with Crippen LogP contribution in [0.15, 0.2) is 12.1 Å². The Morgan fingerprint density at radius 3 is 2.71 bits per heavy atom. The Bertz CT molecular complexity index is 575. The van der Waals surface area contributed by atoms with Crippen molar-refractivity contribution in [3.63, 3.8) is 0 Å². The Morgan fingerprint density at radius 2 is 2.05 bits per heavy atom. The van der Waals surface area contributed by atoms with Gasteiger partial charge < -0.3 is 19.5 Å². The zero-order valence-electron chi connectivity index (χ0n) is 11.8. The topological polar surface area (TPSA) is 76.1 Å². The Balaban J connectivity index is 2.14. The van der Waals surface area contributed by atoms with Crippen LogP contribution < -0.4 is 9.47 Å². The molecule has 1 aromatic carbocycles. The minimum absolute atomic E-state index is 0.0461. The Labute approximate surface area is 127 Å². The van der Waals surface area contributed by atoms with Gasteiger partial charge in [0.25, 0.3) is 0 Å². The van der Waals surface area contributed by atoms with E-state index in [1.165, 1.54) is 18.9 Å². The lowest BCUT2D eigenvalue weighted by molar-refractivity contribution is -0.148. The predicted octanol–water partition coefficient (Wildman–Crippen LogP) is 1.59. The summed E-state index contributed by atoms with van der Waals surface area (Å²) < 4.78 is 10.8. The van der Waals surface area contributed by atoms with Gasteiger partial charge >= 0.3 is 5.97 Å². The molecule has 1 aliphatic rings. The molecule has 0 saturated heterocycles. The largest absolute Gasteiger partial charge is 0.486 e. The molecule has 1 aromatic rings. The molecule has 0 aliphatic carbocycles. The van der Waals surface area contributed by atoms with Crippen molar-refractivity contribution < 1.29 is 24.2 Å². The number of benzene rings is 1. The third-order valence-corrected chi connectivity index (χ3v) is 3.62. The van der Waals surface area contributed by atoms with Crippen molar-refractivity contribution in [3.05, 3.63) is 22.7 Å². The van der Waals surface area contributed by atoms with Gasteiger partial charge in [-0.15, -0.1) is 0 Å². The van der Waals surface area contributed by atoms with Gasteiger partial charge in [-0.2, -0.15) is 0 Å². The first-order valence-electron chi connectivity index (χ1n) is 6.46. The number of carboxylic acid groups (broad SMARTS) is 1. The molecule has 1 N–H and O–H groups in total. The molecule has 1 heterocycles. The maximum Gasteiger partial charge on any atom is 0.326 e. The highest BCUT2D eigenvalue weighted by Crippen LogP contribution is 2.38. The molecule has 0 bridgehead atoms. The van der Waals surface area contributed by atoms with Crippen molar-refractivity contribution in [2.45, 2.75) is 19.4 Å². The highest BCUT2D eigenvalue weighted by Gasteiger charge is 2.23. The van der Waals surface area contributed by atoms with Crippen LogP contribution in [0.3, 0.4) is 0 Å². The summed E-state index contributed by atoms with van der Waals surface area (Å²) in [6.45, 7) is 2.32. The van der Waals surface area contributed by atoms with Crippen LogP contribution in [0.4, 0.5) is 0 Å².